The highest BCUT2D eigenvalue weighted by Gasteiger charge is 2.28. The van der Waals surface area contributed by atoms with Crippen molar-refractivity contribution >= 4 is 44.8 Å². The standard InChI is InChI=1S/C27H26ClFN2O5S/c1-15-8-21-22(14-30-24(21)13-23(15)29)27(33)26(20-5-4-16(28)9-25(20)36-7-6-32)31-17-10-18(35-2)12-19(11-17)37(3)34/h4-5,8-14,26,30-32H,6-7H2,1-3H3. The van der Waals surface area contributed by atoms with E-state index >= 15 is 0 Å². The molecule has 0 spiro atoms. The minimum atomic E-state index is -1.30. The van der Waals surface area contributed by atoms with Crippen LogP contribution in [0.5, 0.6) is 11.5 Å². The Bertz CT molecular complexity index is 1490. The maximum absolute atomic E-state index is 14.2. The monoisotopic (exact) mass is 544 g/mol. The second-order valence-corrected chi connectivity index (χ2v) is 10.2. The van der Waals surface area contributed by atoms with Crippen LogP contribution in [0.4, 0.5) is 10.1 Å². The number of aliphatic hydroxyl groups is 1. The van der Waals surface area contributed by atoms with E-state index in [1.807, 2.05) is 0 Å². The van der Waals surface area contributed by atoms with Gasteiger partial charge in [0.15, 0.2) is 5.78 Å². The fraction of sp³-hybridized carbons (Fsp3) is 0.222. The Balaban J connectivity index is 1.87. The molecule has 7 nitrogen and oxygen atoms in total. The first-order valence-electron chi connectivity index (χ1n) is 11.4. The molecule has 0 radical (unpaired) electrons. The van der Waals surface area contributed by atoms with Gasteiger partial charge in [0, 0.05) is 67.0 Å². The maximum Gasteiger partial charge on any atom is 0.191 e. The van der Waals surface area contributed by atoms with Crippen molar-refractivity contribution in [2.45, 2.75) is 17.9 Å². The summed E-state index contributed by atoms with van der Waals surface area (Å²) >= 11 is 6.21. The quantitative estimate of drug-likeness (QED) is 0.230. The number of ether oxygens (including phenoxy) is 2. The zero-order valence-electron chi connectivity index (χ0n) is 20.4. The fourth-order valence-electron chi connectivity index (χ4n) is 4.03. The van der Waals surface area contributed by atoms with Crippen molar-refractivity contribution in [2.75, 3.05) is 31.9 Å². The number of H-pyrrole nitrogens is 1. The molecular formula is C27H26ClFN2O5S. The van der Waals surface area contributed by atoms with Crippen molar-refractivity contribution in [3.63, 3.8) is 0 Å². The van der Waals surface area contributed by atoms with Crippen LogP contribution in [0, 0.1) is 12.7 Å². The number of nitrogens with one attached hydrogen (secondary N) is 2. The molecule has 1 aromatic heterocycles. The number of rotatable bonds is 10. The molecule has 2 unspecified atom stereocenters. The minimum absolute atomic E-state index is 0.00205. The Hall–Kier alpha value is -3.40. The highest BCUT2D eigenvalue weighted by molar-refractivity contribution is 7.84. The number of halogens is 2. The number of fused-ring (bicyclic) bond motifs is 1. The van der Waals surface area contributed by atoms with Crippen LogP contribution >= 0.6 is 11.6 Å². The van der Waals surface area contributed by atoms with E-state index in [-0.39, 0.29) is 24.8 Å². The minimum Gasteiger partial charge on any atom is -0.497 e. The van der Waals surface area contributed by atoms with Crippen molar-refractivity contribution in [3.8, 4) is 11.5 Å². The molecule has 0 aliphatic rings. The average molecular weight is 545 g/mol. The van der Waals surface area contributed by atoms with Gasteiger partial charge in [-0.1, -0.05) is 17.7 Å². The predicted molar refractivity (Wildman–Crippen MR) is 143 cm³/mol. The average Bonchev–Trinajstić information content (AvgIpc) is 3.28. The largest absolute Gasteiger partial charge is 0.497 e. The van der Waals surface area contributed by atoms with E-state index in [0.717, 1.165) is 0 Å². The number of aryl methyl sites for hydroxylation is 1. The molecule has 3 aromatic carbocycles. The second kappa shape index (κ2) is 11.3. The van der Waals surface area contributed by atoms with Gasteiger partial charge in [-0.05, 0) is 48.9 Å². The number of carbonyl (C=O) groups is 1. The predicted octanol–water partition coefficient (Wildman–Crippen LogP) is 5.42. The molecule has 0 aliphatic carbocycles. The van der Waals surface area contributed by atoms with E-state index in [9.17, 15) is 18.5 Å². The van der Waals surface area contributed by atoms with Gasteiger partial charge in [-0.3, -0.25) is 9.00 Å². The summed E-state index contributed by atoms with van der Waals surface area (Å²) in [5.74, 6) is 0.0800. The van der Waals surface area contributed by atoms with Crippen LogP contribution in [-0.2, 0) is 10.8 Å². The number of aromatic amines is 1. The van der Waals surface area contributed by atoms with Crippen molar-refractivity contribution in [1.82, 2.24) is 4.98 Å². The zero-order chi connectivity index (χ0) is 26.7. The number of carbonyl (C=O) groups excluding carboxylic acids is 1. The number of aliphatic hydroxyl groups excluding tert-OH is 1. The Kier molecular flexibility index (Phi) is 8.16. The number of hydrogen-bond acceptors (Lipinski definition) is 6. The van der Waals surface area contributed by atoms with Crippen LogP contribution in [0.3, 0.4) is 0 Å². The molecule has 4 aromatic rings. The third-order valence-electron chi connectivity index (χ3n) is 5.88. The molecule has 0 saturated carbocycles. The number of hydrogen-bond donors (Lipinski definition) is 3. The van der Waals surface area contributed by atoms with Crippen molar-refractivity contribution in [3.05, 3.63) is 82.3 Å². The topological polar surface area (TPSA) is 101 Å². The smallest absolute Gasteiger partial charge is 0.191 e. The zero-order valence-corrected chi connectivity index (χ0v) is 22.0. The Morgan fingerprint density at radius 3 is 2.70 bits per heavy atom. The lowest BCUT2D eigenvalue weighted by Crippen LogP contribution is -2.22. The SMILES string of the molecule is COc1cc(NC(C(=O)c2c[nH]c3cc(F)c(C)cc23)c2ccc(Cl)cc2OCCO)cc(S(C)=O)c1. The number of aromatic nitrogens is 1. The molecule has 194 valence electrons. The van der Waals surface area contributed by atoms with Crippen molar-refractivity contribution in [1.29, 1.82) is 0 Å². The lowest BCUT2D eigenvalue weighted by Gasteiger charge is -2.23. The van der Waals surface area contributed by atoms with Crippen LogP contribution in [0.2, 0.25) is 5.02 Å². The summed E-state index contributed by atoms with van der Waals surface area (Å²) in [6, 6.07) is 11.9. The van der Waals surface area contributed by atoms with Gasteiger partial charge in [0.2, 0.25) is 0 Å². The first-order valence-corrected chi connectivity index (χ1v) is 13.3. The highest BCUT2D eigenvalue weighted by Crippen LogP contribution is 2.36. The van der Waals surface area contributed by atoms with Crippen LogP contribution < -0.4 is 14.8 Å². The molecule has 0 bridgehead atoms. The first-order chi connectivity index (χ1) is 17.7. The molecule has 10 heteroatoms. The van der Waals surface area contributed by atoms with Gasteiger partial charge < -0.3 is 24.9 Å². The van der Waals surface area contributed by atoms with E-state index in [0.29, 0.717) is 54.7 Å². The summed E-state index contributed by atoms with van der Waals surface area (Å²) in [5.41, 5.74) is 2.21. The second-order valence-electron chi connectivity index (χ2n) is 8.40. The van der Waals surface area contributed by atoms with Gasteiger partial charge >= 0.3 is 0 Å². The molecule has 0 aliphatic heterocycles. The van der Waals surface area contributed by atoms with Gasteiger partial charge in [-0.2, -0.15) is 0 Å². The molecule has 0 saturated heterocycles. The first kappa shape index (κ1) is 26.7. The normalized spacial score (nSPS) is 12.8. The van der Waals surface area contributed by atoms with Crippen molar-refractivity contribution in [2.24, 2.45) is 0 Å². The fourth-order valence-corrected chi connectivity index (χ4v) is 4.77. The van der Waals surface area contributed by atoms with Gasteiger partial charge in [-0.15, -0.1) is 0 Å². The summed E-state index contributed by atoms with van der Waals surface area (Å²) in [4.78, 5) is 17.6. The molecule has 37 heavy (non-hydrogen) atoms. The van der Waals surface area contributed by atoms with Gasteiger partial charge in [0.25, 0.3) is 0 Å². The van der Waals surface area contributed by atoms with Crippen LogP contribution in [-0.4, -0.2) is 46.7 Å². The lowest BCUT2D eigenvalue weighted by molar-refractivity contribution is 0.0969. The number of Topliss-reactive ketones (excluding diaryl/α,β-unsaturated/α-hetero) is 1. The molecule has 1 heterocycles. The third kappa shape index (κ3) is 5.79. The van der Waals surface area contributed by atoms with E-state index in [2.05, 4.69) is 10.3 Å². The molecular weight excluding hydrogens is 519 g/mol. The Morgan fingerprint density at radius 1 is 1.22 bits per heavy atom. The van der Waals surface area contributed by atoms with E-state index in [4.69, 9.17) is 21.1 Å². The van der Waals surface area contributed by atoms with Crippen LogP contribution in [0.1, 0.15) is 27.5 Å². The Labute approximate surface area is 221 Å². The summed E-state index contributed by atoms with van der Waals surface area (Å²) in [6.45, 7) is 1.40. The molecule has 0 amide bonds. The highest BCUT2D eigenvalue weighted by atomic mass is 35.5. The third-order valence-corrected chi connectivity index (χ3v) is 7.02. The summed E-state index contributed by atoms with van der Waals surface area (Å²) in [5, 5.41) is 13.5. The maximum atomic E-state index is 14.2. The molecule has 0 fully saturated rings. The van der Waals surface area contributed by atoms with E-state index in [1.54, 1.807) is 61.8 Å². The summed E-state index contributed by atoms with van der Waals surface area (Å²) in [7, 11) is 0.196. The van der Waals surface area contributed by atoms with Crippen LogP contribution in [0.25, 0.3) is 10.9 Å². The summed E-state index contributed by atoms with van der Waals surface area (Å²) in [6.07, 6.45) is 3.09. The van der Waals surface area contributed by atoms with Crippen LogP contribution in [0.15, 0.2) is 59.6 Å². The van der Waals surface area contributed by atoms with Crippen molar-refractivity contribution < 1.29 is 28.0 Å². The Morgan fingerprint density at radius 2 is 2.00 bits per heavy atom. The summed E-state index contributed by atoms with van der Waals surface area (Å²) < 4.78 is 37.5. The van der Waals surface area contributed by atoms with E-state index in [1.165, 1.54) is 13.2 Å². The number of ketones is 1. The molecule has 4 rings (SSSR count). The van der Waals surface area contributed by atoms with Gasteiger partial charge in [0.1, 0.15) is 30.0 Å². The number of methoxy groups -OCH3 is 1. The molecule has 2 atom stereocenters. The van der Waals surface area contributed by atoms with Gasteiger partial charge in [-0.25, -0.2) is 4.39 Å². The lowest BCUT2D eigenvalue weighted by atomic mass is 9.95. The number of benzene rings is 3. The van der Waals surface area contributed by atoms with E-state index < -0.39 is 16.8 Å². The molecule has 3 N–H and O–H groups in total. The van der Waals surface area contributed by atoms with Gasteiger partial charge in [0.05, 0.1) is 13.7 Å². The number of anilines is 1.